The second kappa shape index (κ2) is 7.12. The van der Waals surface area contributed by atoms with E-state index in [1.807, 2.05) is 0 Å². The highest BCUT2D eigenvalue weighted by Gasteiger charge is 2.37. The molecule has 0 aromatic heterocycles. The van der Waals surface area contributed by atoms with E-state index in [2.05, 4.69) is 4.74 Å². The van der Waals surface area contributed by atoms with Crippen LogP contribution in [0.3, 0.4) is 0 Å². The molecule has 0 bridgehead atoms. The van der Waals surface area contributed by atoms with Gasteiger partial charge in [-0.05, 0) is 36.4 Å². The van der Waals surface area contributed by atoms with Crippen molar-refractivity contribution in [3.8, 4) is 6.07 Å². The van der Waals surface area contributed by atoms with Gasteiger partial charge in [0.1, 0.15) is 6.07 Å². The van der Waals surface area contributed by atoms with E-state index in [-0.39, 0.29) is 12.7 Å². The first-order chi connectivity index (χ1) is 10.5. The summed E-state index contributed by atoms with van der Waals surface area (Å²) in [5.74, 6) is -0.939. The fourth-order valence-electron chi connectivity index (χ4n) is 1.73. The first-order valence-corrected chi connectivity index (χ1v) is 6.85. The van der Waals surface area contributed by atoms with Crippen molar-refractivity contribution in [3.05, 3.63) is 28.8 Å². The molecule has 0 atom stereocenters. The number of hydrogen-bond acceptors (Lipinski definition) is 4. The summed E-state index contributed by atoms with van der Waals surface area (Å²) in [7, 11) is 0. The van der Waals surface area contributed by atoms with Crippen molar-refractivity contribution in [1.29, 1.82) is 5.26 Å². The van der Waals surface area contributed by atoms with E-state index < -0.39 is 57.4 Å². The average molecular weight is 357 g/mol. The average Bonchev–Trinajstić information content (AvgIpc) is 2.35. The maximum Gasteiger partial charge on any atom is 0.446 e. The van der Waals surface area contributed by atoms with E-state index in [1.54, 1.807) is 0 Å². The van der Waals surface area contributed by atoms with E-state index >= 15 is 0 Å². The van der Waals surface area contributed by atoms with Crippen molar-refractivity contribution in [2.24, 2.45) is 0 Å². The molecule has 1 rings (SSSR count). The van der Waals surface area contributed by atoms with Crippen LogP contribution >= 0.6 is 11.8 Å². The van der Waals surface area contributed by atoms with Crippen LogP contribution in [0, 0.1) is 11.3 Å². The number of halogens is 6. The molecule has 10 heteroatoms. The van der Waals surface area contributed by atoms with Gasteiger partial charge < -0.3 is 4.74 Å². The number of alkyl halides is 6. The Kier molecular flexibility index (Phi) is 5.93. The van der Waals surface area contributed by atoms with Gasteiger partial charge >= 0.3 is 17.7 Å². The molecule has 0 unspecified atom stereocenters. The Morgan fingerprint density at radius 2 is 1.87 bits per heavy atom. The summed E-state index contributed by atoms with van der Waals surface area (Å²) in [5, 5.41) is 8.90. The van der Waals surface area contributed by atoms with E-state index in [0.717, 1.165) is 6.07 Å². The molecule has 0 spiro atoms. The van der Waals surface area contributed by atoms with E-state index in [1.165, 1.54) is 13.0 Å². The molecule has 23 heavy (non-hydrogen) atoms. The number of thioether (sulfide) groups is 1. The lowest BCUT2D eigenvalue weighted by Gasteiger charge is -2.15. The zero-order valence-electron chi connectivity index (χ0n) is 11.5. The quantitative estimate of drug-likeness (QED) is 0.458. The Balaban J connectivity index is 3.43. The van der Waals surface area contributed by atoms with Crippen LogP contribution in [0.5, 0.6) is 0 Å². The molecule has 3 nitrogen and oxygen atoms in total. The van der Waals surface area contributed by atoms with Crippen LogP contribution in [-0.2, 0) is 22.1 Å². The van der Waals surface area contributed by atoms with Crippen LogP contribution in [0.15, 0.2) is 17.0 Å². The van der Waals surface area contributed by atoms with Crippen LogP contribution in [-0.4, -0.2) is 18.1 Å². The molecule has 0 saturated carbocycles. The van der Waals surface area contributed by atoms with E-state index in [4.69, 9.17) is 5.26 Å². The van der Waals surface area contributed by atoms with Gasteiger partial charge in [-0.1, -0.05) is 0 Å². The molecule has 0 saturated heterocycles. The number of esters is 1. The molecule has 0 heterocycles. The fourth-order valence-corrected chi connectivity index (χ4v) is 2.37. The number of ether oxygens (including phenoxy) is 1. The zero-order chi connectivity index (χ0) is 17.8. The second-order valence-electron chi connectivity index (χ2n) is 4.14. The maximum atomic E-state index is 13.0. The number of hydrogen-bond donors (Lipinski definition) is 0. The molecular formula is C13H9F6NO2S. The van der Waals surface area contributed by atoms with Gasteiger partial charge in [0.15, 0.2) is 0 Å². The summed E-state index contributed by atoms with van der Waals surface area (Å²) in [4.78, 5) is 10.6. The topological polar surface area (TPSA) is 50.1 Å². The number of carbonyl (C=O) groups excluding carboxylic acids is 1. The molecule has 0 aliphatic carbocycles. The Morgan fingerprint density at radius 3 is 2.30 bits per heavy atom. The van der Waals surface area contributed by atoms with E-state index in [9.17, 15) is 31.1 Å². The van der Waals surface area contributed by atoms with Gasteiger partial charge in [0.2, 0.25) is 0 Å². The maximum absolute atomic E-state index is 13.0. The molecule has 0 N–H and O–H groups in total. The molecule has 0 aliphatic heterocycles. The smallest absolute Gasteiger partial charge is 0.446 e. The lowest BCUT2D eigenvalue weighted by atomic mass is 9.99. The minimum atomic E-state index is -5.03. The fraction of sp³-hybridized carbons (Fsp3) is 0.385. The third-order valence-electron chi connectivity index (χ3n) is 2.48. The molecular weight excluding hydrogens is 348 g/mol. The zero-order valence-corrected chi connectivity index (χ0v) is 12.3. The predicted octanol–water partition coefficient (Wildman–Crippen LogP) is 4.29. The van der Waals surface area contributed by atoms with Gasteiger partial charge in [-0.25, -0.2) is 0 Å². The van der Waals surface area contributed by atoms with Gasteiger partial charge in [-0.2, -0.15) is 31.6 Å². The summed E-state index contributed by atoms with van der Waals surface area (Å²) in [6.45, 7) is 1.41. The summed E-state index contributed by atoms with van der Waals surface area (Å²) in [6.07, 6.45) is -5.76. The molecule has 1 aromatic rings. The Hall–Kier alpha value is -1.89. The van der Waals surface area contributed by atoms with E-state index in [0.29, 0.717) is 0 Å². The molecule has 0 radical (unpaired) electrons. The van der Waals surface area contributed by atoms with Gasteiger partial charge in [0, 0.05) is 4.90 Å². The lowest BCUT2D eigenvalue weighted by Crippen LogP contribution is -2.14. The number of benzene rings is 1. The Labute approximate surface area is 131 Å². The van der Waals surface area contributed by atoms with Crippen molar-refractivity contribution >= 4 is 17.7 Å². The van der Waals surface area contributed by atoms with Crippen molar-refractivity contribution in [3.63, 3.8) is 0 Å². The second-order valence-corrected chi connectivity index (χ2v) is 5.28. The normalized spacial score (nSPS) is 11.9. The molecule has 1 aromatic carbocycles. The van der Waals surface area contributed by atoms with Crippen molar-refractivity contribution in [2.75, 3.05) is 6.61 Å². The summed E-state index contributed by atoms with van der Waals surface area (Å²) < 4.78 is 80.6. The predicted molar refractivity (Wildman–Crippen MR) is 68.4 cm³/mol. The number of nitriles is 1. The highest BCUT2D eigenvalue weighted by Crippen LogP contribution is 2.41. The Bertz CT molecular complexity index is 633. The Morgan fingerprint density at radius 1 is 1.26 bits per heavy atom. The minimum Gasteiger partial charge on any atom is -0.466 e. The van der Waals surface area contributed by atoms with Crippen molar-refractivity contribution in [2.45, 2.75) is 29.9 Å². The first-order valence-electron chi connectivity index (χ1n) is 6.03. The third-order valence-corrected chi connectivity index (χ3v) is 3.19. The van der Waals surface area contributed by atoms with Crippen molar-refractivity contribution in [1.82, 2.24) is 0 Å². The SMILES string of the molecule is CCOC(=O)Cc1cc(SC(F)(F)F)cc(C(F)(F)F)c1C#N. The molecule has 0 fully saturated rings. The minimum absolute atomic E-state index is 0.0517. The van der Waals surface area contributed by atoms with Gasteiger partial charge in [-0.3, -0.25) is 4.79 Å². The van der Waals surface area contributed by atoms with Crippen LogP contribution in [0.1, 0.15) is 23.6 Å². The number of rotatable bonds is 4. The first kappa shape index (κ1) is 19.2. The highest BCUT2D eigenvalue weighted by molar-refractivity contribution is 8.00. The largest absolute Gasteiger partial charge is 0.466 e. The lowest BCUT2D eigenvalue weighted by molar-refractivity contribution is -0.142. The van der Waals surface area contributed by atoms with Gasteiger partial charge in [-0.15, -0.1) is 0 Å². The van der Waals surface area contributed by atoms with Crippen molar-refractivity contribution < 1.29 is 35.9 Å². The summed E-state index contributed by atoms with van der Waals surface area (Å²) in [5.41, 5.74) is -7.68. The number of nitrogens with zero attached hydrogens (tertiary/aromatic N) is 1. The van der Waals surface area contributed by atoms with Crippen LogP contribution < -0.4 is 0 Å². The molecule has 0 amide bonds. The van der Waals surface area contributed by atoms with Gasteiger partial charge in [0.25, 0.3) is 0 Å². The number of carbonyl (C=O) groups is 1. The monoisotopic (exact) mass is 357 g/mol. The van der Waals surface area contributed by atoms with Crippen LogP contribution in [0.2, 0.25) is 0 Å². The molecule has 0 aliphatic rings. The van der Waals surface area contributed by atoms with Crippen LogP contribution in [0.25, 0.3) is 0 Å². The third kappa shape index (κ3) is 5.67. The molecule has 126 valence electrons. The standard InChI is InChI=1S/C13H9F6NO2S/c1-2-22-11(21)4-7-3-8(23-13(17,18)19)5-10(9(7)6-20)12(14,15)16/h3,5H,2,4H2,1H3. The highest BCUT2D eigenvalue weighted by atomic mass is 32.2. The van der Waals surface area contributed by atoms with Crippen LogP contribution in [0.4, 0.5) is 26.3 Å². The summed E-state index contributed by atoms with van der Waals surface area (Å²) >= 11 is -0.757. The summed E-state index contributed by atoms with van der Waals surface area (Å²) in [6, 6.07) is 2.27. The van der Waals surface area contributed by atoms with Gasteiger partial charge in [0.05, 0.1) is 24.2 Å².